The number of rotatable bonds is 3. The molecular formula is C15H24N4O. The molecule has 5 heteroatoms. The number of aromatic nitrogens is 1. The lowest BCUT2D eigenvalue weighted by molar-refractivity contribution is 0.0414. The van der Waals surface area contributed by atoms with Gasteiger partial charge in [0.25, 0.3) is 5.91 Å². The highest BCUT2D eigenvalue weighted by molar-refractivity contribution is 5.95. The zero-order valence-corrected chi connectivity index (χ0v) is 12.8. The number of anilines is 1. The number of carbonyl (C=O) groups excluding carboxylic acids is 1. The Morgan fingerprint density at radius 3 is 2.65 bits per heavy atom. The summed E-state index contributed by atoms with van der Waals surface area (Å²) in [5.74, 6) is 0.854. The van der Waals surface area contributed by atoms with E-state index in [1.165, 1.54) is 0 Å². The molecule has 1 aliphatic rings. The molecule has 0 spiro atoms. The molecule has 0 radical (unpaired) electrons. The lowest BCUT2D eigenvalue weighted by atomic mass is 10.1. The number of hydrogen-bond donors (Lipinski definition) is 1. The highest BCUT2D eigenvalue weighted by Crippen LogP contribution is 2.17. The van der Waals surface area contributed by atoms with Crippen molar-refractivity contribution < 1.29 is 4.79 Å². The number of pyridine rings is 1. The van der Waals surface area contributed by atoms with E-state index in [9.17, 15) is 4.79 Å². The molecule has 20 heavy (non-hydrogen) atoms. The first-order chi connectivity index (χ1) is 9.52. The number of piperazine rings is 1. The van der Waals surface area contributed by atoms with E-state index >= 15 is 0 Å². The van der Waals surface area contributed by atoms with Gasteiger partial charge in [-0.1, -0.05) is 0 Å². The van der Waals surface area contributed by atoms with Gasteiger partial charge < -0.3 is 10.2 Å². The van der Waals surface area contributed by atoms with Crippen LogP contribution in [0.25, 0.3) is 0 Å². The van der Waals surface area contributed by atoms with Crippen LogP contribution in [0.1, 0.15) is 31.1 Å². The second-order valence-corrected chi connectivity index (χ2v) is 5.53. The van der Waals surface area contributed by atoms with Crippen LogP contribution in [0, 0.1) is 0 Å². The third kappa shape index (κ3) is 3.10. The summed E-state index contributed by atoms with van der Waals surface area (Å²) in [5.41, 5.74) is 0.708. The molecule has 1 aromatic rings. The average Bonchev–Trinajstić information content (AvgIpc) is 2.44. The molecule has 2 unspecified atom stereocenters. The summed E-state index contributed by atoms with van der Waals surface area (Å²) in [6.07, 6.45) is 1.69. The minimum atomic E-state index is 0.0957. The van der Waals surface area contributed by atoms with Gasteiger partial charge in [0.1, 0.15) is 5.82 Å². The van der Waals surface area contributed by atoms with Crippen LogP contribution in [0.15, 0.2) is 18.3 Å². The molecule has 0 bridgehead atoms. The van der Waals surface area contributed by atoms with Gasteiger partial charge in [-0.05, 0) is 40.0 Å². The number of carbonyl (C=O) groups is 1. The number of nitrogens with one attached hydrogen (secondary N) is 1. The van der Waals surface area contributed by atoms with Gasteiger partial charge in [-0.15, -0.1) is 0 Å². The van der Waals surface area contributed by atoms with Crippen molar-refractivity contribution in [1.29, 1.82) is 0 Å². The second kappa shape index (κ2) is 6.22. The SMILES string of the molecule is CCNc1cc(C(=O)N2CC(C)N(C)C(C)C2)ccn1. The summed E-state index contributed by atoms with van der Waals surface area (Å²) in [4.78, 5) is 21.1. The summed E-state index contributed by atoms with van der Waals surface area (Å²) >= 11 is 0. The Balaban J connectivity index is 2.13. The molecule has 110 valence electrons. The van der Waals surface area contributed by atoms with Gasteiger partial charge in [-0.25, -0.2) is 4.98 Å². The molecule has 1 aliphatic heterocycles. The fraction of sp³-hybridized carbons (Fsp3) is 0.600. The van der Waals surface area contributed by atoms with Crippen LogP contribution in [0.2, 0.25) is 0 Å². The molecule has 0 aliphatic carbocycles. The third-order valence-corrected chi connectivity index (χ3v) is 4.01. The fourth-order valence-electron chi connectivity index (χ4n) is 2.59. The minimum Gasteiger partial charge on any atom is -0.370 e. The molecule has 1 amide bonds. The van der Waals surface area contributed by atoms with Crippen LogP contribution < -0.4 is 5.32 Å². The second-order valence-electron chi connectivity index (χ2n) is 5.53. The molecule has 0 aromatic carbocycles. The topological polar surface area (TPSA) is 48.5 Å². The highest BCUT2D eigenvalue weighted by Gasteiger charge is 2.29. The van der Waals surface area contributed by atoms with Crippen LogP contribution in [-0.4, -0.2) is 59.5 Å². The Kier molecular flexibility index (Phi) is 4.60. The van der Waals surface area contributed by atoms with Crippen molar-refractivity contribution in [2.75, 3.05) is 32.0 Å². The summed E-state index contributed by atoms with van der Waals surface area (Å²) in [6, 6.07) is 4.39. The van der Waals surface area contributed by atoms with Crippen molar-refractivity contribution >= 4 is 11.7 Å². The van der Waals surface area contributed by atoms with Gasteiger partial charge in [-0.2, -0.15) is 0 Å². The predicted octanol–water partition coefficient (Wildman–Crippen LogP) is 1.68. The molecule has 2 heterocycles. The van der Waals surface area contributed by atoms with Crippen molar-refractivity contribution in [3.63, 3.8) is 0 Å². The normalized spacial score (nSPS) is 23.7. The zero-order chi connectivity index (χ0) is 14.7. The molecule has 1 N–H and O–H groups in total. The summed E-state index contributed by atoms with van der Waals surface area (Å²) in [5, 5.41) is 3.14. The van der Waals surface area contributed by atoms with Crippen molar-refractivity contribution in [3.8, 4) is 0 Å². The van der Waals surface area contributed by atoms with E-state index in [1.54, 1.807) is 12.3 Å². The van der Waals surface area contributed by atoms with Gasteiger partial charge in [-0.3, -0.25) is 9.69 Å². The highest BCUT2D eigenvalue weighted by atomic mass is 16.2. The lowest BCUT2D eigenvalue weighted by Crippen LogP contribution is -2.56. The average molecular weight is 276 g/mol. The van der Waals surface area contributed by atoms with Gasteiger partial charge in [0.15, 0.2) is 0 Å². The van der Waals surface area contributed by atoms with E-state index in [2.05, 4.69) is 36.1 Å². The fourth-order valence-corrected chi connectivity index (χ4v) is 2.59. The largest absolute Gasteiger partial charge is 0.370 e. The van der Waals surface area contributed by atoms with E-state index in [1.807, 2.05) is 17.9 Å². The Labute approximate surface area is 121 Å². The van der Waals surface area contributed by atoms with E-state index in [4.69, 9.17) is 0 Å². The molecule has 2 rings (SSSR count). The molecule has 2 atom stereocenters. The van der Waals surface area contributed by atoms with Gasteiger partial charge in [0, 0.05) is 43.5 Å². The first-order valence-corrected chi connectivity index (χ1v) is 7.24. The third-order valence-electron chi connectivity index (χ3n) is 4.01. The van der Waals surface area contributed by atoms with Crippen LogP contribution in [0.4, 0.5) is 5.82 Å². The smallest absolute Gasteiger partial charge is 0.254 e. The maximum atomic E-state index is 12.6. The maximum Gasteiger partial charge on any atom is 0.254 e. The van der Waals surface area contributed by atoms with Crippen LogP contribution >= 0.6 is 0 Å². The molecule has 1 fully saturated rings. The van der Waals surface area contributed by atoms with E-state index in [0.29, 0.717) is 17.6 Å². The molecular weight excluding hydrogens is 252 g/mol. The zero-order valence-electron chi connectivity index (χ0n) is 12.8. The Morgan fingerprint density at radius 1 is 1.40 bits per heavy atom. The standard InChI is InChI=1S/C15H24N4O/c1-5-16-14-8-13(6-7-17-14)15(20)19-9-11(2)18(4)12(3)10-19/h6-8,11-12H,5,9-10H2,1-4H3,(H,16,17). The molecule has 0 saturated carbocycles. The number of amides is 1. The summed E-state index contributed by atoms with van der Waals surface area (Å²) in [6.45, 7) is 8.68. The molecule has 5 nitrogen and oxygen atoms in total. The van der Waals surface area contributed by atoms with Crippen LogP contribution in [0.5, 0.6) is 0 Å². The summed E-state index contributed by atoms with van der Waals surface area (Å²) in [7, 11) is 2.12. The van der Waals surface area contributed by atoms with Gasteiger partial charge in [0.05, 0.1) is 0 Å². The van der Waals surface area contributed by atoms with Crippen molar-refractivity contribution in [3.05, 3.63) is 23.9 Å². The van der Waals surface area contributed by atoms with Gasteiger partial charge in [0.2, 0.25) is 0 Å². The van der Waals surface area contributed by atoms with Crippen LogP contribution in [0.3, 0.4) is 0 Å². The lowest BCUT2D eigenvalue weighted by Gasteiger charge is -2.42. The number of hydrogen-bond acceptors (Lipinski definition) is 4. The van der Waals surface area contributed by atoms with Crippen LogP contribution in [-0.2, 0) is 0 Å². The predicted molar refractivity (Wildman–Crippen MR) is 81.0 cm³/mol. The first kappa shape index (κ1) is 14.8. The first-order valence-electron chi connectivity index (χ1n) is 7.24. The monoisotopic (exact) mass is 276 g/mol. The Bertz CT molecular complexity index is 465. The number of nitrogens with zero attached hydrogens (tertiary/aromatic N) is 3. The Hall–Kier alpha value is -1.62. The minimum absolute atomic E-state index is 0.0957. The maximum absolute atomic E-state index is 12.6. The quantitative estimate of drug-likeness (QED) is 0.912. The summed E-state index contributed by atoms with van der Waals surface area (Å²) < 4.78 is 0. The van der Waals surface area contributed by atoms with E-state index in [-0.39, 0.29) is 5.91 Å². The van der Waals surface area contributed by atoms with Gasteiger partial charge >= 0.3 is 0 Å². The van der Waals surface area contributed by atoms with E-state index < -0.39 is 0 Å². The van der Waals surface area contributed by atoms with Crippen molar-refractivity contribution in [1.82, 2.24) is 14.8 Å². The molecule has 1 aromatic heterocycles. The number of likely N-dealkylation sites (N-methyl/N-ethyl adjacent to an activating group) is 1. The Morgan fingerprint density at radius 2 is 2.05 bits per heavy atom. The molecule has 1 saturated heterocycles. The van der Waals surface area contributed by atoms with Crippen molar-refractivity contribution in [2.45, 2.75) is 32.9 Å². The van der Waals surface area contributed by atoms with E-state index in [0.717, 1.165) is 25.5 Å². The van der Waals surface area contributed by atoms with Crippen molar-refractivity contribution in [2.24, 2.45) is 0 Å².